The molecule has 1 aliphatic carbocycles. The minimum Gasteiger partial charge on any atom is -0.493 e. The molecular formula is C20H27IN4O2. The van der Waals surface area contributed by atoms with Gasteiger partial charge in [0.15, 0.2) is 5.96 Å². The van der Waals surface area contributed by atoms with Crippen molar-refractivity contribution in [1.82, 2.24) is 15.6 Å². The second kappa shape index (κ2) is 11.0. The molecular weight excluding hydrogens is 455 g/mol. The van der Waals surface area contributed by atoms with Crippen molar-refractivity contribution in [2.24, 2.45) is 10.9 Å². The maximum atomic E-state index is 5.96. The molecule has 1 aromatic carbocycles. The van der Waals surface area contributed by atoms with E-state index in [0.717, 1.165) is 35.4 Å². The Kier molecular flexibility index (Phi) is 8.63. The molecule has 1 heterocycles. The van der Waals surface area contributed by atoms with Crippen LogP contribution in [0.1, 0.15) is 24.0 Å². The SMILES string of the molecule is CN=C(NCc1ccc(OC)nc1)NCc1ccccc1OCC1CC1.I. The van der Waals surface area contributed by atoms with Gasteiger partial charge in [-0.3, -0.25) is 4.99 Å². The molecule has 146 valence electrons. The van der Waals surface area contributed by atoms with Crippen LogP contribution in [0.3, 0.4) is 0 Å². The van der Waals surface area contributed by atoms with Crippen molar-refractivity contribution in [3.05, 3.63) is 53.7 Å². The van der Waals surface area contributed by atoms with Gasteiger partial charge >= 0.3 is 0 Å². The van der Waals surface area contributed by atoms with Crippen LogP contribution in [-0.4, -0.2) is 31.7 Å². The Hall–Kier alpha value is -2.03. The fourth-order valence-corrected chi connectivity index (χ4v) is 2.50. The first-order valence-electron chi connectivity index (χ1n) is 8.92. The van der Waals surface area contributed by atoms with Gasteiger partial charge in [-0.1, -0.05) is 24.3 Å². The number of aliphatic imine (C=N–C) groups is 1. The molecule has 2 aromatic rings. The van der Waals surface area contributed by atoms with E-state index in [1.54, 1.807) is 20.4 Å². The van der Waals surface area contributed by atoms with Crippen LogP contribution in [0.2, 0.25) is 0 Å². The summed E-state index contributed by atoms with van der Waals surface area (Å²) in [6.45, 7) is 2.10. The summed E-state index contributed by atoms with van der Waals surface area (Å²) in [4.78, 5) is 8.48. The van der Waals surface area contributed by atoms with Crippen molar-refractivity contribution in [2.45, 2.75) is 25.9 Å². The van der Waals surface area contributed by atoms with Crippen molar-refractivity contribution < 1.29 is 9.47 Å². The van der Waals surface area contributed by atoms with Crippen LogP contribution in [0.25, 0.3) is 0 Å². The molecule has 0 aliphatic heterocycles. The average Bonchev–Trinajstić information content (AvgIpc) is 3.52. The van der Waals surface area contributed by atoms with Gasteiger partial charge in [0, 0.05) is 38.0 Å². The molecule has 0 amide bonds. The number of pyridine rings is 1. The second-order valence-corrected chi connectivity index (χ2v) is 6.35. The first-order chi connectivity index (χ1) is 12.8. The van der Waals surface area contributed by atoms with E-state index in [0.29, 0.717) is 19.0 Å². The van der Waals surface area contributed by atoms with Crippen LogP contribution in [0, 0.1) is 5.92 Å². The predicted octanol–water partition coefficient (Wildman–Crippen LogP) is 3.36. The molecule has 7 heteroatoms. The van der Waals surface area contributed by atoms with Gasteiger partial charge in [-0.05, 0) is 30.4 Å². The summed E-state index contributed by atoms with van der Waals surface area (Å²) in [7, 11) is 3.37. The number of aromatic nitrogens is 1. The number of hydrogen-bond donors (Lipinski definition) is 2. The van der Waals surface area contributed by atoms with Crippen LogP contribution in [0.4, 0.5) is 0 Å². The number of rotatable bonds is 8. The summed E-state index contributed by atoms with van der Waals surface area (Å²) in [5.74, 6) is 3.03. The summed E-state index contributed by atoms with van der Waals surface area (Å²) < 4.78 is 11.0. The van der Waals surface area contributed by atoms with E-state index < -0.39 is 0 Å². The molecule has 0 saturated heterocycles. The van der Waals surface area contributed by atoms with Crippen molar-refractivity contribution >= 4 is 29.9 Å². The topological polar surface area (TPSA) is 67.8 Å². The lowest BCUT2D eigenvalue weighted by Gasteiger charge is -2.15. The first kappa shape index (κ1) is 21.3. The van der Waals surface area contributed by atoms with Gasteiger partial charge in [0.1, 0.15) is 5.75 Å². The van der Waals surface area contributed by atoms with E-state index in [9.17, 15) is 0 Å². The van der Waals surface area contributed by atoms with Crippen LogP contribution >= 0.6 is 24.0 Å². The third-order valence-corrected chi connectivity index (χ3v) is 4.28. The largest absolute Gasteiger partial charge is 0.493 e. The second-order valence-electron chi connectivity index (χ2n) is 6.35. The number of halogens is 1. The van der Waals surface area contributed by atoms with Crippen LogP contribution in [0.5, 0.6) is 11.6 Å². The van der Waals surface area contributed by atoms with E-state index in [-0.39, 0.29) is 24.0 Å². The Morgan fingerprint density at radius 1 is 1.15 bits per heavy atom. The van der Waals surface area contributed by atoms with Crippen molar-refractivity contribution in [3.8, 4) is 11.6 Å². The molecule has 2 N–H and O–H groups in total. The third-order valence-electron chi connectivity index (χ3n) is 4.28. The quantitative estimate of drug-likeness (QED) is 0.343. The molecule has 0 spiro atoms. The molecule has 3 rings (SSSR count). The van der Waals surface area contributed by atoms with Gasteiger partial charge in [-0.25, -0.2) is 4.98 Å². The third kappa shape index (κ3) is 6.89. The zero-order chi connectivity index (χ0) is 18.2. The van der Waals surface area contributed by atoms with Gasteiger partial charge < -0.3 is 20.1 Å². The van der Waals surface area contributed by atoms with E-state index in [4.69, 9.17) is 9.47 Å². The van der Waals surface area contributed by atoms with Gasteiger partial charge in [0.2, 0.25) is 5.88 Å². The van der Waals surface area contributed by atoms with Crippen molar-refractivity contribution in [2.75, 3.05) is 20.8 Å². The number of nitrogens with one attached hydrogen (secondary N) is 2. The molecule has 1 aromatic heterocycles. The molecule has 27 heavy (non-hydrogen) atoms. The summed E-state index contributed by atoms with van der Waals surface area (Å²) >= 11 is 0. The normalized spacial score (nSPS) is 13.5. The van der Waals surface area contributed by atoms with Gasteiger partial charge in [-0.2, -0.15) is 0 Å². The van der Waals surface area contributed by atoms with E-state index in [1.165, 1.54) is 12.8 Å². The lowest BCUT2D eigenvalue weighted by atomic mass is 10.2. The van der Waals surface area contributed by atoms with Crippen LogP contribution in [0.15, 0.2) is 47.6 Å². The zero-order valence-corrected chi connectivity index (χ0v) is 18.1. The minimum atomic E-state index is 0. The molecule has 1 saturated carbocycles. The van der Waals surface area contributed by atoms with Gasteiger partial charge in [0.25, 0.3) is 0 Å². The number of hydrogen-bond acceptors (Lipinski definition) is 4. The first-order valence-corrected chi connectivity index (χ1v) is 8.92. The van der Waals surface area contributed by atoms with Crippen molar-refractivity contribution in [3.63, 3.8) is 0 Å². The summed E-state index contributed by atoms with van der Waals surface area (Å²) in [6, 6.07) is 12.0. The standard InChI is InChI=1S/C20H26N4O2.HI/c1-21-20(23-12-16-9-10-19(25-2)22-11-16)24-13-17-5-3-4-6-18(17)26-14-15-7-8-15;/h3-6,9-11,15H,7-8,12-14H2,1-2H3,(H2,21,23,24);1H. The highest BCUT2D eigenvalue weighted by Gasteiger charge is 2.22. The number of guanidine groups is 1. The van der Waals surface area contributed by atoms with Gasteiger partial charge in [0.05, 0.1) is 13.7 Å². The highest BCUT2D eigenvalue weighted by Crippen LogP contribution is 2.30. The highest BCUT2D eigenvalue weighted by molar-refractivity contribution is 14.0. The van der Waals surface area contributed by atoms with E-state index in [1.807, 2.05) is 30.3 Å². The zero-order valence-electron chi connectivity index (χ0n) is 15.8. The Bertz CT molecular complexity index is 733. The number of para-hydroxylation sites is 1. The average molecular weight is 482 g/mol. The monoisotopic (exact) mass is 482 g/mol. The fourth-order valence-electron chi connectivity index (χ4n) is 2.50. The summed E-state index contributed by atoms with van der Waals surface area (Å²) in [5.41, 5.74) is 2.18. The predicted molar refractivity (Wildman–Crippen MR) is 118 cm³/mol. The number of benzene rings is 1. The molecule has 6 nitrogen and oxygen atoms in total. The van der Waals surface area contributed by atoms with E-state index >= 15 is 0 Å². The number of ether oxygens (including phenoxy) is 2. The molecule has 1 fully saturated rings. The number of nitrogens with zero attached hydrogens (tertiary/aromatic N) is 2. The lowest BCUT2D eigenvalue weighted by Crippen LogP contribution is -2.36. The maximum absolute atomic E-state index is 5.96. The minimum absolute atomic E-state index is 0. The van der Waals surface area contributed by atoms with Crippen molar-refractivity contribution in [1.29, 1.82) is 0 Å². The lowest BCUT2D eigenvalue weighted by molar-refractivity contribution is 0.296. The number of methoxy groups -OCH3 is 1. The molecule has 1 aliphatic rings. The molecule has 0 bridgehead atoms. The Balaban J connectivity index is 0.00000261. The Labute approximate surface area is 177 Å². The van der Waals surface area contributed by atoms with Crippen LogP contribution in [-0.2, 0) is 13.1 Å². The Morgan fingerprint density at radius 3 is 2.59 bits per heavy atom. The molecule has 0 radical (unpaired) electrons. The fraction of sp³-hybridized carbons (Fsp3) is 0.400. The summed E-state index contributed by atoms with van der Waals surface area (Å²) in [6.07, 6.45) is 4.37. The Morgan fingerprint density at radius 2 is 1.93 bits per heavy atom. The maximum Gasteiger partial charge on any atom is 0.212 e. The molecule has 0 atom stereocenters. The van der Waals surface area contributed by atoms with Gasteiger partial charge in [-0.15, -0.1) is 24.0 Å². The van der Waals surface area contributed by atoms with Crippen LogP contribution < -0.4 is 20.1 Å². The van der Waals surface area contributed by atoms with E-state index in [2.05, 4.69) is 26.7 Å². The summed E-state index contributed by atoms with van der Waals surface area (Å²) in [5, 5.41) is 6.63. The molecule has 0 unspecified atom stereocenters. The smallest absolute Gasteiger partial charge is 0.212 e. The highest BCUT2D eigenvalue weighted by atomic mass is 127.